The van der Waals surface area contributed by atoms with E-state index in [-0.39, 0.29) is 25.2 Å². The molecule has 2 rings (SSSR count). The second-order valence-electron chi connectivity index (χ2n) is 7.87. The quantitative estimate of drug-likeness (QED) is 0.282. The number of carbonyl (C=O) groups is 4. The van der Waals surface area contributed by atoms with Crippen molar-refractivity contribution in [3.63, 3.8) is 0 Å². The fourth-order valence-corrected chi connectivity index (χ4v) is 3.38. The van der Waals surface area contributed by atoms with Crippen LogP contribution in [0.1, 0.15) is 38.7 Å². The van der Waals surface area contributed by atoms with E-state index in [1.807, 2.05) is 24.3 Å². The second kappa shape index (κ2) is 11.3. The van der Waals surface area contributed by atoms with Crippen molar-refractivity contribution in [3.8, 4) is 0 Å². The lowest BCUT2D eigenvalue weighted by atomic mass is 9.98. The molecule has 1 aromatic heterocycles. The average Bonchev–Trinajstić information content (AvgIpc) is 3.16. The molecule has 0 saturated carbocycles. The molecule has 0 radical (unpaired) electrons. The summed E-state index contributed by atoms with van der Waals surface area (Å²) >= 11 is 0. The van der Waals surface area contributed by atoms with Gasteiger partial charge in [-0.1, -0.05) is 38.5 Å². The summed E-state index contributed by atoms with van der Waals surface area (Å²) in [5.74, 6) is -4.08. The van der Waals surface area contributed by atoms with Crippen LogP contribution >= 0.6 is 0 Å². The summed E-state index contributed by atoms with van der Waals surface area (Å²) in [5, 5.41) is 24.2. The third kappa shape index (κ3) is 6.55. The number of nitrogens with two attached hydrogens (primary N) is 1. The summed E-state index contributed by atoms with van der Waals surface area (Å²) in [6, 6.07) is 4.18. The Hall–Kier alpha value is -3.40. The van der Waals surface area contributed by atoms with Crippen molar-refractivity contribution in [2.45, 2.75) is 57.7 Å². The summed E-state index contributed by atoms with van der Waals surface area (Å²) in [7, 11) is 0. The van der Waals surface area contributed by atoms with E-state index in [0.29, 0.717) is 6.42 Å². The molecule has 0 unspecified atom stereocenters. The van der Waals surface area contributed by atoms with Crippen LogP contribution in [0.2, 0.25) is 0 Å². The number of carboxylic acids is 2. The fourth-order valence-electron chi connectivity index (χ4n) is 3.38. The van der Waals surface area contributed by atoms with Crippen molar-refractivity contribution in [2.24, 2.45) is 11.7 Å². The average molecular weight is 447 g/mol. The van der Waals surface area contributed by atoms with Crippen LogP contribution in [-0.4, -0.2) is 57.1 Å². The van der Waals surface area contributed by atoms with Crippen molar-refractivity contribution in [1.82, 2.24) is 15.6 Å². The second-order valence-corrected chi connectivity index (χ2v) is 7.87. The molecule has 0 fully saturated rings. The molecule has 1 aromatic carbocycles. The fraction of sp³-hybridized carbons (Fsp3) is 0.455. The number of nitrogens with one attached hydrogen (secondary N) is 3. The highest BCUT2D eigenvalue weighted by Gasteiger charge is 2.30. The van der Waals surface area contributed by atoms with E-state index in [1.165, 1.54) is 0 Å². The molecule has 0 aliphatic heterocycles. The predicted octanol–water partition coefficient (Wildman–Crippen LogP) is 1.00. The Balaban J connectivity index is 2.10. The van der Waals surface area contributed by atoms with E-state index in [1.54, 1.807) is 20.0 Å². The molecular formula is C22H30N4O6. The van der Waals surface area contributed by atoms with Gasteiger partial charge in [-0.2, -0.15) is 0 Å². The van der Waals surface area contributed by atoms with Crippen molar-refractivity contribution >= 4 is 34.7 Å². The van der Waals surface area contributed by atoms with Gasteiger partial charge in [-0.25, -0.2) is 4.79 Å². The minimum atomic E-state index is -1.22. The number of aromatic amines is 1. The maximum Gasteiger partial charge on any atom is 0.326 e. The largest absolute Gasteiger partial charge is 0.481 e. The number of carboxylic acid groups (broad SMARTS) is 2. The minimum absolute atomic E-state index is 0.195. The van der Waals surface area contributed by atoms with Crippen molar-refractivity contribution in [3.05, 3.63) is 36.0 Å². The number of aromatic nitrogens is 1. The van der Waals surface area contributed by atoms with E-state index in [4.69, 9.17) is 10.8 Å². The first kappa shape index (κ1) is 24.9. The van der Waals surface area contributed by atoms with Crippen molar-refractivity contribution in [1.29, 1.82) is 0 Å². The monoisotopic (exact) mass is 446 g/mol. The van der Waals surface area contributed by atoms with Gasteiger partial charge < -0.3 is 31.6 Å². The number of rotatable bonds is 12. The van der Waals surface area contributed by atoms with Crippen LogP contribution in [0, 0.1) is 5.92 Å². The normalized spacial score (nSPS) is 14.8. The number of amides is 2. The molecule has 0 saturated heterocycles. The van der Waals surface area contributed by atoms with Crippen molar-refractivity contribution < 1.29 is 29.4 Å². The lowest BCUT2D eigenvalue weighted by Gasteiger charge is -2.25. The zero-order valence-corrected chi connectivity index (χ0v) is 18.1. The topological polar surface area (TPSA) is 175 Å². The molecule has 0 aliphatic carbocycles. The first-order valence-corrected chi connectivity index (χ1v) is 10.5. The molecule has 2 aromatic rings. The van der Waals surface area contributed by atoms with Crippen molar-refractivity contribution in [2.75, 3.05) is 0 Å². The van der Waals surface area contributed by atoms with Gasteiger partial charge in [-0.15, -0.1) is 0 Å². The standard InChI is InChI=1S/C22H30N4O6/c1-3-12(2)19(22(31)32)26-21(30)17(8-9-18(27)28)25-20(29)15(23)10-13-11-24-16-7-5-4-6-14(13)16/h4-7,11-12,15,17,19,24H,3,8-10,23H2,1-2H3,(H,25,29)(H,26,30)(H,27,28)(H,31,32)/t12-,15-,17-,19-/m0/s1. The first-order chi connectivity index (χ1) is 15.1. The molecule has 10 nitrogen and oxygen atoms in total. The van der Waals surface area contributed by atoms with Gasteiger partial charge in [0.15, 0.2) is 0 Å². The first-order valence-electron chi connectivity index (χ1n) is 10.5. The Kier molecular flexibility index (Phi) is 8.77. The number of H-pyrrole nitrogens is 1. The van der Waals surface area contributed by atoms with Gasteiger partial charge >= 0.3 is 11.9 Å². The van der Waals surface area contributed by atoms with E-state index in [2.05, 4.69) is 15.6 Å². The van der Waals surface area contributed by atoms with Gasteiger partial charge in [0.2, 0.25) is 11.8 Å². The van der Waals surface area contributed by atoms with Crippen LogP contribution in [0.3, 0.4) is 0 Å². The van der Waals surface area contributed by atoms with Gasteiger partial charge in [0.05, 0.1) is 6.04 Å². The summed E-state index contributed by atoms with van der Waals surface area (Å²) in [4.78, 5) is 51.0. The number of hydrogen-bond acceptors (Lipinski definition) is 5. The van der Waals surface area contributed by atoms with E-state index in [0.717, 1.165) is 16.5 Å². The third-order valence-electron chi connectivity index (χ3n) is 5.51. The highest BCUT2D eigenvalue weighted by molar-refractivity contribution is 5.92. The van der Waals surface area contributed by atoms with Crippen LogP contribution in [0.15, 0.2) is 30.5 Å². The predicted molar refractivity (Wildman–Crippen MR) is 118 cm³/mol. The molecule has 7 N–H and O–H groups in total. The smallest absolute Gasteiger partial charge is 0.326 e. The minimum Gasteiger partial charge on any atom is -0.481 e. The number of para-hydroxylation sites is 1. The lowest BCUT2D eigenvalue weighted by Crippen LogP contribution is -2.56. The lowest BCUT2D eigenvalue weighted by molar-refractivity contribution is -0.144. The summed E-state index contributed by atoms with van der Waals surface area (Å²) in [6.45, 7) is 3.47. The molecule has 10 heteroatoms. The maximum atomic E-state index is 12.7. The zero-order valence-electron chi connectivity index (χ0n) is 18.1. The van der Waals surface area contributed by atoms with E-state index < -0.39 is 41.9 Å². The number of carbonyl (C=O) groups excluding carboxylic acids is 2. The summed E-state index contributed by atoms with van der Waals surface area (Å²) < 4.78 is 0. The van der Waals surface area contributed by atoms with E-state index in [9.17, 15) is 24.3 Å². The Labute approximate surface area is 185 Å². The molecule has 32 heavy (non-hydrogen) atoms. The van der Waals surface area contributed by atoms with Crippen LogP contribution in [0.25, 0.3) is 10.9 Å². The number of hydrogen-bond donors (Lipinski definition) is 6. The van der Waals surface area contributed by atoms with Crippen LogP contribution in [-0.2, 0) is 25.6 Å². The van der Waals surface area contributed by atoms with Gasteiger partial charge in [-0.05, 0) is 30.4 Å². The Morgan fingerprint density at radius 3 is 2.41 bits per heavy atom. The van der Waals surface area contributed by atoms with Crippen LogP contribution in [0.4, 0.5) is 0 Å². The molecule has 4 atom stereocenters. The maximum absolute atomic E-state index is 12.7. The highest BCUT2D eigenvalue weighted by atomic mass is 16.4. The summed E-state index contributed by atoms with van der Waals surface area (Å²) in [6.07, 6.45) is 1.90. The van der Waals surface area contributed by atoms with Gasteiger partial charge in [0.25, 0.3) is 0 Å². The van der Waals surface area contributed by atoms with Crippen LogP contribution in [0.5, 0.6) is 0 Å². The Morgan fingerprint density at radius 1 is 1.09 bits per heavy atom. The molecule has 2 amide bonds. The van der Waals surface area contributed by atoms with E-state index >= 15 is 0 Å². The van der Waals surface area contributed by atoms with Gasteiger partial charge in [0, 0.05) is 23.5 Å². The number of aliphatic carboxylic acids is 2. The molecule has 1 heterocycles. The third-order valence-corrected chi connectivity index (χ3v) is 5.51. The summed E-state index contributed by atoms with van der Waals surface area (Å²) in [5.41, 5.74) is 7.79. The Bertz CT molecular complexity index is 972. The highest BCUT2D eigenvalue weighted by Crippen LogP contribution is 2.19. The molecule has 174 valence electrons. The number of benzene rings is 1. The number of fused-ring (bicyclic) bond motifs is 1. The molecule has 0 bridgehead atoms. The Morgan fingerprint density at radius 2 is 1.78 bits per heavy atom. The molecule has 0 aliphatic rings. The van der Waals surface area contributed by atoms with Gasteiger partial charge in [-0.3, -0.25) is 14.4 Å². The van der Waals surface area contributed by atoms with Gasteiger partial charge in [0.1, 0.15) is 12.1 Å². The molecular weight excluding hydrogens is 416 g/mol. The molecule has 0 spiro atoms. The van der Waals surface area contributed by atoms with Crippen LogP contribution < -0.4 is 16.4 Å². The SMILES string of the molecule is CC[C@H](C)[C@H](NC(=O)[C@H](CCC(=O)O)NC(=O)[C@@H](N)Cc1c[nH]c2ccccc12)C(=O)O. The zero-order chi connectivity index (χ0) is 23.8.